The van der Waals surface area contributed by atoms with Crippen LogP contribution in [0.4, 0.5) is 0 Å². The number of allylic oxidation sites excluding steroid dienone is 2. The lowest BCUT2D eigenvalue weighted by molar-refractivity contribution is -0.137. The molecule has 2 saturated heterocycles. The third-order valence-corrected chi connectivity index (χ3v) is 7.24. The Bertz CT molecular complexity index is 914. The Labute approximate surface area is 190 Å². The van der Waals surface area contributed by atoms with Crippen LogP contribution in [-0.2, 0) is 9.59 Å². The number of aromatic amines is 1. The Morgan fingerprint density at radius 1 is 1.03 bits per heavy atom. The van der Waals surface area contributed by atoms with Crippen molar-refractivity contribution >= 4 is 11.8 Å². The van der Waals surface area contributed by atoms with Crippen LogP contribution in [0.5, 0.6) is 0 Å². The fourth-order valence-corrected chi connectivity index (χ4v) is 5.33. The molecule has 1 N–H and O–H groups in total. The molecule has 3 heterocycles. The van der Waals surface area contributed by atoms with Crippen molar-refractivity contribution in [1.29, 1.82) is 0 Å². The fraction of sp³-hybridized carbons (Fsp3) is 0.680. The van der Waals surface area contributed by atoms with Gasteiger partial charge in [-0.05, 0) is 44.9 Å². The average molecular weight is 441 g/mol. The molecule has 4 rings (SSSR count). The van der Waals surface area contributed by atoms with Crippen molar-refractivity contribution in [3.05, 3.63) is 40.1 Å². The van der Waals surface area contributed by atoms with E-state index in [9.17, 15) is 14.4 Å². The van der Waals surface area contributed by atoms with Gasteiger partial charge in [-0.1, -0.05) is 26.0 Å². The summed E-state index contributed by atoms with van der Waals surface area (Å²) in [7, 11) is 0. The topological polar surface area (TPSA) is 86.4 Å². The second-order valence-corrected chi connectivity index (χ2v) is 9.91. The highest BCUT2D eigenvalue weighted by atomic mass is 16.2. The van der Waals surface area contributed by atoms with Gasteiger partial charge in [0.05, 0.1) is 5.69 Å². The lowest BCUT2D eigenvalue weighted by Crippen LogP contribution is -2.43. The summed E-state index contributed by atoms with van der Waals surface area (Å²) in [6, 6.07) is 1.61. The summed E-state index contributed by atoms with van der Waals surface area (Å²) < 4.78 is 0. The van der Waals surface area contributed by atoms with Gasteiger partial charge >= 0.3 is 0 Å². The van der Waals surface area contributed by atoms with Crippen LogP contribution in [0.15, 0.2) is 23.0 Å². The number of H-pyrrole nitrogens is 1. The molecular weight excluding hydrogens is 404 g/mol. The molecule has 0 aromatic carbocycles. The molecule has 0 spiro atoms. The highest BCUT2D eigenvalue weighted by Crippen LogP contribution is 2.30. The summed E-state index contributed by atoms with van der Waals surface area (Å²) in [5.41, 5.74) is 0.692. The van der Waals surface area contributed by atoms with E-state index in [4.69, 9.17) is 4.98 Å². The third kappa shape index (κ3) is 5.13. The first-order valence-corrected chi connectivity index (χ1v) is 12.3. The molecule has 7 heteroatoms. The molecule has 2 fully saturated rings. The molecule has 0 saturated carbocycles. The number of nitrogens with one attached hydrogen (secondary N) is 1. The minimum absolute atomic E-state index is 0.00870. The number of carbonyl (C=O) groups is 2. The molecule has 2 aliphatic heterocycles. The summed E-state index contributed by atoms with van der Waals surface area (Å²) in [5, 5.41) is 0. The highest BCUT2D eigenvalue weighted by molar-refractivity contribution is 5.79. The zero-order valence-corrected chi connectivity index (χ0v) is 19.4. The van der Waals surface area contributed by atoms with E-state index >= 15 is 0 Å². The van der Waals surface area contributed by atoms with Crippen LogP contribution < -0.4 is 5.56 Å². The van der Waals surface area contributed by atoms with Crippen molar-refractivity contribution in [3.63, 3.8) is 0 Å². The van der Waals surface area contributed by atoms with Crippen LogP contribution in [0.25, 0.3) is 0 Å². The molecule has 32 heavy (non-hydrogen) atoms. The molecule has 174 valence electrons. The van der Waals surface area contributed by atoms with Crippen molar-refractivity contribution in [2.75, 3.05) is 26.2 Å². The molecule has 3 aliphatic rings. The SMILES string of the molecule is CC(C)C(=O)N1CCC(c2nc([C@@H]3CCCN(C(=O)[C@@H]4CC=CCC4)C3)cc(=O)[nH]2)CC1. The minimum atomic E-state index is -0.119. The maximum atomic E-state index is 13.0. The van der Waals surface area contributed by atoms with Crippen molar-refractivity contribution in [1.82, 2.24) is 19.8 Å². The molecular formula is C25H36N4O3. The van der Waals surface area contributed by atoms with E-state index in [2.05, 4.69) is 17.1 Å². The van der Waals surface area contributed by atoms with Gasteiger partial charge < -0.3 is 14.8 Å². The number of amides is 2. The maximum Gasteiger partial charge on any atom is 0.251 e. The average Bonchev–Trinajstić information content (AvgIpc) is 2.83. The zero-order valence-electron chi connectivity index (χ0n) is 19.4. The summed E-state index contributed by atoms with van der Waals surface area (Å²) in [5.74, 6) is 1.56. The summed E-state index contributed by atoms with van der Waals surface area (Å²) in [6.07, 6.45) is 10.6. The number of piperidine rings is 2. The highest BCUT2D eigenvalue weighted by Gasteiger charge is 2.31. The summed E-state index contributed by atoms with van der Waals surface area (Å²) in [4.78, 5) is 49.5. The monoisotopic (exact) mass is 440 g/mol. The smallest absolute Gasteiger partial charge is 0.251 e. The fourth-order valence-electron chi connectivity index (χ4n) is 5.33. The van der Waals surface area contributed by atoms with E-state index < -0.39 is 0 Å². The number of aromatic nitrogens is 2. The number of hydrogen-bond donors (Lipinski definition) is 1. The second-order valence-electron chi connectivity index (χ2n) is 9.91. The molecule has 1 aliphatic carbocycles. The lowest BCUT2D eigenvalue weighted by Gasteiger charge is -2.35. The molecule has 2 atom stereocenters. The summed E-state index contributed by atoms with van der Waals surface area (Å²) in [6.45, 7) is 6.72. The van der Waals surface area contributed by atoms with E-state index in [1.807, 2.05) is 23.6 Å². The Balaban J connectivity index is 1.43. The van der Waals surface area contributed by atoms with Gasteiger partial charge in [0.15, 0.2) is 0 Å². The molecule has 7 nitrogen and oxygen atoms in total. The van der Waals surface area contributed by atoms with Gasteiger partial charge in [-0.15, -0.1) is 0 Å². The van der Waals surface area contributed by atoms with Crippen molar-refractivity contribution in [2.24, 2.45) is 11.8 Å². The summed E-state index contributed by atoms with van der Waals surface area (Å²) >= 11 is 0. The minimum Gasteiger partial charge on any atom is -0.342 e. The number of rotatable bonds is 4. The van der Waals surface area contributed by atoms with E-state index in [0.717, 1.165) is 63.0 Å². The van der Waals surface area contributed by atoms with Crippen LogP contribution in [-0.4, -0.2) is 57.8 Å². The Kier molecular flexibility index (Phi) is 7.11. The maximum absolute atomic E-state index is 13.0. The van der Waals surface area contributed by atoms with Crippen molar-refractivity contribution in [2.45, 2.75) is 70.6 Å². The molecule has 2 amide bonds. The largest absolute Gasteiger partial charge is 0.342 e. The van der Waals surface area contributed by atoms with Crippen molar-refractivity contribution in [3.8, 4) is 0 Å². The van der Waals surface area contributed by atoms with E-state index in [1.165, 1.54) is 0 Å². The molecule has 0 bridgehead atoms. The van der Waals surface area contributed by atoms with Crippen LogP contribution in [0.1, 0.15) is 82.1 Å². The van der Waals surface area contributed by atoms with E-state index in [1.54, 1.807) is 6.07 Å². The number of carbonyl (C=O) groups excluding carboxylic acids is 2. The van der Waals surface area contributed by atoms with Gasteiger partial charge in [0.25, 0.3) is 5.56 Å². The van der Waals surface area contributed by atoms with E-state index in [0.29, 0.717) is 19.6 Å². The van der Waals surface area contributed by atoms with Gasteiger partial charge in [-0.2, -0.15) is 0 Å². The molecule has 0 radical (unpaired) electrons. The Morgan fingerprint density at radius 3 is 2.50 bits per heavy atom. The number of likely N-dealkylation sites (tertiary alicyclic amines) is 2. The molecule has 1 aromatic rings. The van der Waals surface area contributed by atoms with Crippen LogP contribution in [0.3, 0.4) is 0 Å². The predicted octanol–water partition coefficient (Wildman–Crippen LogP) is 3.19. The van der Waals surface area contributed by atoms with Crippen LogP contribution >= 0.6 is 0 Å². The third-order valence-electron chi connectivity index (χ3n) is 7.24. The lowest BCUT2D eigenvalue weighted by atomic mass is 9.89. The van der Waals surface area contributed by atoms with Crippen molar-refractivity contribution < 1.29 is 9.59 Å². The van der Waals surface area contributed by atoms with Gasteiger partial charge in [0, 0.05) is 55.9 Å². The molecule has 1 aromatic heterocycles. The standard InChI is InChI=1S/C25H36N4O3/c1-17(2)24(31)28-13-10-18(11-14-28)23-26-21(15-22(30)27-23)20-9-6-12-29(16-20)25(32)19-7-4-3-5-8-19/h3-4,15,17-20H,5-14,16H2,1-2H3,(H,26,27,30)/t19-,20-/m1/s1. The van der Waals surface area contributed by atoms with Gasteiger partial charge in [-0.25, -0.2) is 4.98 Å². The van der Waals surface area contributed by atoms with Crippen LogP contribution in [0.2, 0.25) is 0 Å². The zero-order chi connectivity index (χ0) is 22.7. The number of hydrogen-bond acceptors (Lipinski definition) is 4. The first kappa shape index (κ1) is 22.7. The normalized spacial score (nSPS) is 24.7. The Hall–Kier alpha value is -2.44. The Morgan fingerprint density at radius 2 is 1.81 bits per heavy atom. The predicted molar refractivity (Wildman–Crippen MR) is 123 cm³/mol. The first-order valence-electron chi connectivity index (χ1n) is 12.3. The second kappa shape index (κ2) is 10.0. The van der Waals surface area contributed by atoms with Crippen LogP contribution in [0, 0.1) is 11.8 Å². The van der Waals surface area contributed by atoms with E-state index in [-0.39, 0.29) is 41.0 Å². The van der Waals surface area contributed by atoms with Gasteiger partial charge in [-0.3, -0.25) is 14.4 Å². The van der Waals surface area contributed by atoms with Gasteiger partial charge in [0.1, 0.15) is 5.82 Å². The van der Waals surface area contributed by atoms with Gasteiger partial charge in [0.2, 0.25) is 11.8 Å². The number of nitrogens with zero attached hydrogens (tertiary/aromatic N) is 3. The quantitative estimate of drug-likeness (QED) is 0.729. The first-order chi connectivity index (χ1) is 15.4. The molecule has 0 unspecified atom stereocenters.